The van der Waals surface area contributed by atoms with Crippen LogP contribution in [0, 0.1) is 6.92 Å². The van der Waals surface area contributed by atoms with Crippen LogP contribution in [-0.4, -0.2) is 23.1 Å². The molecule has 0 atom stereocenters. The Balaban J connectivity index is 0.00000280. The molecule has 1 heterocycles. The Morgan fingerprint density at radius 2 is 1.79 bits per heavy atom. The zero-order chi connectivity index (χ0) is 19.8. The van der Waals surface area contributed by atoms with Gasteiger partial charge in [0.25, 0.3) is 5.56 Å². The van der Waals surface area contributed by atoms with Gasteiger partial charge in [0.2, 0.25) is 0 Å². The van der Waals surface area contributed by atoms with Crippen molar-refractivity contribution in [1.29, 1.82) is 0 Å². The van der Waals surface area contributed by atoms with Gasteiger partial charge < -0.3 is 24.9 Å². The molecule has 0 amide bonds. The second-order valence-corrected chi connectivity index (χ2v) is 7.18. The van der Waals surface area contributed by atoms with E-state index in [2.05, 4.69) is 15.3 Å². The molecule has 1 N–H and O–H groups in total. The van der Waals surface area contributed by atoms with Crippen LogP contribution in [0.4, 0.5) is 11.4 Å². The second-order valence-electron chi connectivity index (χ2n) is 5.39. The van der Waals surface area contributed by atoms with Gasteiger partial charge in [-0.1, -0.05) is 42.5 Å². The largest absolute Gasteiger partial charge is 3.00 e. The van der Waals surface area contributed by atoms with Crippen LogP contribution < -0.4 is 15.8 Å². The first kappa shape index (κ1) is 24.6. The van der Waals surface area contributed by atoms with Crippen molar-refractivity contribution >= 4 is 33.1 Å². The van der Waals surface area contributed by atoms with E-state index in [0.29, 0.717) is 5.69 Å². The summed E-state index contributed by atoms with van der Waals surface area (Å²) in [5, 5.41) is 23.3. The van der Waals surface area contributed by atoms with Gasteiger partial charge >= 0.3 is 18.8 Å². The van der Waals surface area contributed by atoms with Crippen molar-refractivity contribution in [2.75, 3.05) is 0 Å². The molecule has 2 aromatic carbocycles. The number of hydrogen-bond donors (Lipinski definition) is 0. The molecule has 0 saturated carbocycles. The van der Waals surface area contributed by atoms with E-state index < -0.39 is 32.0 Å². The number of nitrogens with zero attached hydrogens (tertiary/aromatic N) is 4. The number of halogens is 1. The summed E-state index contributed by atoms with van der Waals surface area (Å²) in [6.07, 6.45) is 0. The van der Waals surface area contributed by atoms with Crippen molar-refractivity contribution in [3.05, 3.63) is 63.5 Å². The summed E-state index contributed by atoms with van der Waals surface area (Å²) in [7, 11) is -5.04. The SMILES string of the molecule is Cc1[n-]n(-c2ccccc2)c(=O)c1N=Nc1cc(Cl)cc(S(=O)(=O)[O-])c1[O-].[Cr+3].[H+].[OH-]. The third kappa shape index (κ3) is 5.13. The Kier molecular flexibility index (Phi) is 7.93. The van der Waals surface area contributed by atoms with E-state index >= 15 is 0 Å². The molecule has 29 heavy (non-hydrogen) atoms. The second kappa shape index (κ2) is 9.36. The normalized spacial score (nSPS) is 11.1. The number of azo groups is 1. The molecule has 0 spiro atoms. The van der Waals surface area contributed by atoms with E-state index in [1.807, 2.05) is 0 Å². The first-order valence-corrected chi connectivity index (χ1v) is 9.17. The van der Waals surface area contributed by atoms with Gasteiger partial charge in [-0.25, -0.2) is 8.42 Å². The summed E-state index contributed by atoms with van der Waals surface area (Å²) in [5.74, 6) is -1.15. The van der Waals surface area contributed by atoms with E-state index in [4.69, 9.17) is 11.6 Å². The summed E-state index contributed by atoms with van der Waals surface area (Å²) >= 11 is 5.73. The van der Waals surface area contributed by atoms with Crippen LogP contribution in [0.25, 0.3) is 5.69 Å². The van der Waals surface area contributed by atoms with Crippen molar-refractivity contribution in [1.82, 2.24) is 9.78 Å². The first-order chi connectivity index (χ1) is 12.7. The number of aryl methyl sites for hydroxylation is 1. The predicted octanol–water partition coefficient (Wildman–Crippen LogP) is 2.08. The summed E-state index contributed by atoms with van der Waals surface area (Å²) in [6.45, 7) is 1.53. The molecule has 151 valence electrons. The quantitative estimate of drug-likeness (QED) is 0.410. The first-order valence-electron chi connectivity index (χ1n) is 7.38. The average Bonchev–Trinajstić information content (AvgIpc) is 2.89. The van der Waals surface area contributed by atoms with E-state index in [0.717, 1.165) is 16.8 Å². The molecule has 1 radical (unpaired) electrons. The smallest absolute Gasteiger partial charge is 0.870 e. The van der Waals surface area contributed by atoms with Crippen LogP contribution in [0.3, 0.4) is 0 Å². The van der Waals surface area contributed by atoms with Gasteiger partial charge in [0, 0.05) is 10.7 Å². The van der Waals surface area contributed by atoms with Crippen LogP contribution in [0.15, 0.2) is 62.4 Å². The molecule has 0 aliphatic carbocycles. The molecule has 1 aromatic heterocycles. The molecule has 0 bridgehead atoms. The van der Waals surface area contributed by atoms with Crippen LogP contribution in [0.1, 0.15) is 7.12 Å². The number of para-hydroxylation sites is 1. The molecule has 0 fully saturated rings. The van der Waals surface area contributed by atoms with E-state index in [-0.39, 0.29) is 40.7 Å². The summed E-state index contributed by atoms with van der Waals surface area (Å²) < 4.78 is 34.6. The van der Waals surface area contributed by atoms with Crippen LogP contribution in [0.5, 0.6) is 5.75 Å². The number of benzene rings is 2. The Morgan fingerprint density at radius 3 is 2.38 bits per heavy atom. The topological polar surface area (TPSA) is 171 Å². The van der Waals surface area contributed by atoms with Crippen molar-refractivity contribution in [3.8, 4) is 11.4 Å². The van der Waals surface area contributed by atoms with E-state index in [1.165, 1.54) is 6.92 Å². The van der Waals surface area contributed by atoms with E-state index in [9.17, 15) is 22.9 Å². The molecule has 0 unspecified atom stereocenters. The average molecular weight is 476 g/mol. The van der Waals surface area contributed by atoms with Gasteiger partial charge in [-0.05, 0) is 24.3 Å². The standard InChI is InChI=1S/C16H13ClN4O5S.Cr.H2O/c1-9-14(16(23)21(20-9)11-5-3-2-4-6-11)19-18-12-7-10(17)8-13(15(12)22)27(24,25)26;;/h2-8H,1H3,(H3,18,19,20,22,23,24,25,26);;1H2/q;+3;/p-3. The van der Waals surface area contributed by atoms with Gasteiger partial charge in [0.1, 0.15) is 15.8 Å². The van der Waals surface area contributed by atoms with Gasteiger partial charge in [-0.2, -0.15) is 5.11 Å². The Labute approximate surface area is 182 Å². The molecular weight excluding hydrogens is 464 g/mol. The third-order valence-electron chi connectivity index (χ3n) is 3.52. The maximum Gasteiger partial charge on any atom is 3.00 e. The zero-order valence-electron chi connectivity index (χ0n) is 15.5. The van der Waals surface area contributed by atoms with Crippen LogP contribution >= 0.6 is 11.6 Å². The number of hydrogen-bond acceptors (Lipinski definition) is 8. The minimum Gasteiger partial charge on any atom is -0.870 e. The zero-order valence-corrected chi connectivity index (χ0v) is 17.4. The van der Waals surface area contributed by atoms with Crippen molar-refractivity contribution in [2.45, 2.75) is 11.8 Å². The van der Waals surface area contributed by atoms with Crippen molar-refractivity contribution in [3.63, 3.8) is 0 Å². The van der Waals surface area contributed by atoms with Gasteiger partial charge in [0.05, 0.1) is 10.6 Å². The van der Waals surface area contributed by atoms with Crippen LogP contribution in [0.2, 0.25) is 5.02 Å². The Morgan fingerprint density at radius 1 is 1.17 bits per heavy atom. The minimum atomic E-state index is -5.04. The van der Waals surface area contributed by atoms with Crippen molar-refractivity contribution < 1.29 is 42.3 Å². The maximum atomic E-state index is 12.5. The fraction of sp³-hybridized carbons (Fsp3) is 0.0625. The summed E-state index contributed by atoms with van der Waals surface area (Å²) in [6, 6.07) is 10.4. The minimum absolute atomic E-state index is 0. The maximum absolute atomic E-state index is 12.5. The number of rotatable bonds is 4. The molecule has 3 aromatic rings. The fourth-order valence-electron chi connectivity index (χ4n) is 2.28. The number of aromatic nitrogens is 2. The molecule has 3 rings (SSSR count). The summed E-state index contributed by atoms with van der Waals surface area (Å²) in [5.41, 5.74) is -0.431. The predicted molar refractivity (Wildman–Crippen MR) is 96.2 cm³/mol. The van der Waals surface area contributed by atoms with Crippen LogP contribution in [-0.2, 0) is 27.5 Å². The van der Waals surface area contributed by atoms with Gasteiger partial charge in [-0.15, -0.1) is 10.8 Å². The molecule has 10 nitrogen and oxygen atoms in total. The monoisotopic (exact) mass is 475 g/mol. The fourth-order valence-corrected chi connectivity index (χ4v) is 3.16. The Bertz CT molecular complexity index is 1210. The van der Waals surface area contributed by atoms with Gasteiger partial charge in [0.15, 0.2) is 0 Å². The van der Waals surface area contributed by atoms with Gasteiger partial charge in [-0.3, -0.25) is 4.79 Å². The molecule has 13 heteroatoms. The van der Waals surface area contributed by atoms with Crippen molar-refractivity contribution in [2.24, 2.45) is 10.2 Å². The third-order valence-corrected chi connectivity index (χ3v) is 4.58. The molecular formula is C16H12ClCrN4O6S. The summed E-state index contributed by atoms with van der Waals surface area (Å²) in [4.78, 5) is 11.4. The Hall–Kier alpha value is -2.46. The molecule has 0 saturated heterocycles. The molecule has 0 aliphatic heterocycles. The van der Waals surface area contributed by atoms with E-state index in [1.54, 1.807) is 30.3 Å². The molecule has 0 aliphatic rings.